The highest BCUT2D eigenvalue weighted by Gasteiger charge is 2.16. The molecule has 20 heavy (non-hydrogen) atoms. The van der Waals surface area contributed by atoms with Gasteiger partial charge in [-0.2, -0.15) is 0 Å². The summed E-state index contributed by atoms with van der Waals surface area (Å²) in [5.41, 5.74) is 7.56. The molecule has 100 valence electrons. The van der Waals surface area contributed by atoms with Gasteiger partial charge in [-0.3, -0.25) is 4.79 Å². The molecule has 3 rings (SSSR count). The Bertz CT molecular complexity index is 766. The number of H-pyrrole nitrogens is 1. The lowest BCUT2D eigenvalue weighted by Gasteiger charge is -2.06. The Kier molecular flexibility index (Phi) is 3.41. The van der Waals surface area contributed by atoms with E-state index in [-0.39, 0.29) is 11.5 Å². The maximum absolute atomic E-state index is 11.8. The average Bonchev–Trinajstić information content (AvgIpc) is 2.97. The van der Waals surface area contributed by atoms with Crippen LogP contribution in [0.1, 0.15) is 16.6 Å². The molecule has 0 saturated heterocycles. The second-order valence-electron chi connectivity index (χ2n) is 4.26. The third-order valence-electron chi connectivity index (χ3n) is 2.92. The highest BCUT2D eigenvalue weighted by Crippen LogP contribution is 2.26. The van der Waals surface area contributed by atoms with Crippen molar-refractivity contribution in [2.45, 2.75) is 6.04 Å². The maximum atomic E-state index is 11.8. The molecule has 3 aromatic rings. The van der Waals surface area contributed by atoms with Gasteiger partial charge in [-0.25, -0.2) is 0 Å². The summed E-state index contributed by atoms with van der Waals surface area (Å²) in [6, 6.07) is 10.8. The van der Waals surface area contributed by atoms with E-state index >= 15 is 0 Å². The van der Waals surface area contributed by atoms with Gasteiger partial charge < -0.3 is 10.7 Å². The predicted molar refractivity (Wildman–Crippen MR) is 78.4 cm³/mol. The zero-order valence-electron chi connectivity index (χ0n) is 10.5. The lowest BCUT2D eigenvalue weighted by molar-refractivity contribution is 0.831. The summed E-state index contributed by atoms with van der Waals surface area (Å²) >= 11 is 1.34. The number of nitrogens with zero attached hydrogens (tertiary/aromatic N) is 2. The van der Waals surface area contributed by atoms with Crippen LogP contribution >= 0.6 is 11.3 Å². The number of pyridine rings is 1. The number of hydrogen-bond acceptors (Lipinski definition) is 5. The maximum Gasteiger partial charge on any atom is 0.191 e. The molecule has 6 heteroatoms. The van der Waals surface area contributed by atoms with Crippen LogP contribution in [-0.2, 0) is 0 Å². The Labute approximate surface area is 119 Å². The fourth-order valence-electron chi connectivity index (χ4n) is 1.86. The van der Waals surface area contributed by atoms with E-state index in [1.807, 2.05) is 30.3 Å². The molecule has 0 aliphatic rings. The van der Waals surface area contributed by atoms with Crippen molar-refractivity contribution in [2.24, 2.45) is 5.73 Å². The number of nitrogens with one attached hydrogen (secondary N) is 1. The topological polar surface area (TPSA) is 84.7 Å². The number of benzene rings is 1. The van der Waals surface area contributed by atoms with E-state index in [0.717, 1.165) is 5.56 Å². The van der Waals surface area contributed by atoms with Gasteiger partial charge in [-0.05, 0) is 5.56 Å². The lowest BCUT2D eigenvalue weighted by atomic mass is 10.1. The summed E-state index contributed by atoms with van der Waals surface area (Å²) in [4.78, 5) is 14.6. The minimum atomic E-state index is -0.328. The molecule has 0 amide bonds. The Morgan fingerprint density at radius 2 is 1.95 bits per heavy atom. The first-order valence-electron chi connectivity index (χ1n) is 6.07. The number of rotatable bonds is 3. The zero-order valence-corrected chi connectivity index (χ0v) is 11.3. The highest BCUT2D eigenvalue weighted by atomic mass is 32.1. The molecule has 0 saturated carbocycles. The predicted octanol–water partition coefficient (Wildman–Crippen LogP) is 1.94. The first-order valence-corrected chi connectivity index (χ1v) is 6.89. The minimum Gasteiger partial charge on any atom is -0.367 e. The third-order valence-corrected chi connectivity index (χ3v) is 3.96. The number of nitrogens with two attached hydrogens (primary N) is 1. The Morgan fingerprint density at radius 1 is 1.15 bits per heavy atom. The summed E-state index contributed by atoms with van der Waals surface area (Å²) in [6.07, 6.45) is 3.21. The second kappa shape index (κ2) is 5.36. The van der Waals surface area contributed by atoms with Crippen molar-refractivity contribution in [1.29, 1.82) is 0 Å². The highest BCUT2D eigenvalue weighted by molar-refractivity contribution is 7.14. The standard InChI is InChI=1S/C14H12N4OS/c15-12(9-4-2-1-3-5-9)14-18-17-13(20-14)10-8-16-7-6-11(10)19/h1-8,12H,15H2,(H,16,19). The molecule has 1 aromatic carbocycles. The molecule has 2 heterocycles. The van der Waals surface area contributed by atoms with Crippen LogP contribution in [0.2, 0.25) is 0 Å². The van der Waals surface area contributed by atoms with Crippen molar-refractivity contribution >= 4 is 11.3 Å². The van der Waals surface area contributed by atoms with E-state index in [0.29, 0.717) is 15.6 Å². The first-order chi connectivity index (χ1) is 9.75. The van der Waals surface area contributed by atoms with E-state index in [2.05, 4.69) is 15.2 Å². The Morgan fingerprint density at radius 3 is 2.70 bits per heavy atom. The minimum absolute atomic E-state index is 0.0836. The van der Waals surface area contributed by atoms with Gasteiger partial charge in [-0.1, -0.05) is 41.7 Å². The fraction of sp³-hybridized carbons (Fsp3) is 0.0714. The van der Waals surface area contributed by atoms with Crippen LogP contribution in [0.4, 0.5) is 0 Å². The molecule has 3 N–H and O–H groups in total. The average molecular weight is 284 g/mol. The molecule has 1 atom stereocenters. The van der Waals surface area contributed by atoms with Gasteiger partial charge in [-0.15, -0.1) is 10.2 Å². The van der Waals surface area contributed by atoms with Crippen molar-refractivity contribution in [2.75, 3.05) is 0 Å². The molecule has 0 radical (unpaired) electrons. The third kappa shape index (κ3) is 2.38. The second-order valence-corrected chi connectivity index (χ2v) is 5.27. The van der Waals surface area contributed by atoms with Crippen molar-refractivity contribution in [3.05, 3.63) is 69.6 Å². The van der Waals surface area contributed by atoms with E-state index in [1.165, 1.54) is 17.4 Å². The number of hydrogen-bond donors (Lipinski definition) is 2. The van der Waals surface area contributed by atoms with Crippen LogP contribution in [0.25, 0.3) is 10.6 Å². The van der Waals surface area contributed by atoms with Gasteiger partial charge in [0.1, 0.15) is 5.01 Å². The lowest BCUT2D eigenvalue weighted by Crippen LogP contribution is -2.11. The van der Waals surface area contributed by atoms with Gasteiger partial charge in [0.25, 0.3) is 0 Å². The smallest absolute Gasteiger partial charge is 0.191 e. The summed E-state index contributed by atoms with van der Waals surface area (Å²) in [6.45, 7) is 0. The molecule has 0 spiro atoms. The molecule has 0 aliphatic carbocycles. The summed E-state index contributed by atoms with van der Waals surface area (Å²) < 4.78 is 0. The zero-order chi connectivity index (χ0) is 13.9. The SMILES string of the molecule is NC(c1ccccc1)c1nnc(-c2c[nH]ccc2=O)s1. The van der Waals surface area contributed by atoms with Gasteiger partial charge in [0.15, 0.2) is 10.4 Å². The van der Waals surface area contributed by atoms with E-state index in [9.17, 15) is 4.79 Å². The van der Waals surface area contributed by atoms with Gasteiger partial charge in [0, 0.05) is 18.5 Å². The van der Waals surface area contributed by atoms with E-state index in [4.69, 9.17) is 5.73 Å². The molecule has 0 fully saturated rings. The normalized spacial score (nSPS) is 12.2. The van der Waals surface area contributed by atoms with Crippen LogP contribution in [0, 0.1) is 0 Å². The van der Waals surface area contributed by atoms with Crippen LogP contribution in [-0.4, -0.2) is 15.2 Å². The largest absolute Gasteiger partial charge is 0.367 e. The van der Waals surface area contributed by atoms with Gasteiger partial charge in [0.2, 0.25) is 0 Å². The molecule has 0 bridgehead atoms. The van der Waals surface area contributed by atoms with E-state index < -0.39 is 0 Å². The Hall–Kier alpha value is -2.31. The Balaban J connectivity index is 1.95. The first kappa shape index (κ1) is 12.7. The van der Waals surface area contributed by atoms with Crippen molar-refractivity contribution in [3.8, 4) is 10.6 Å². The number of aromatic amines is 1. The van der Waals surface area contributed by atoms with Crippen LogP contribution in [0.15, 0.2) is 53.6 Å². The molecular formula is C14H12N4OS. The monoisotopic (exact) mass is 284 g/mol. The van der Waals surface area contributed by atoms with Crippen LogP contribution < -0.4 is 11.2 Å². The fourth-order valence-corrected chi connectivity index (χ4v) is 2.75. The van der Waals surface area contributed by atoms with Crippen molar-refractivity contribution in [1.82, 2.24) is 15.2 Å². The quantitative estimate of drug-likeness (QED) is 0.769. The van der Waals surface area contributed by atoms with Crippen molar-refractivity contribution in [3.63, 3.8) is 0 Å². The molecule has 0 aliphatic heterocycles. The van der Waals surface area contributed by atoms with Crippen LogP contribution in [0.3, 0.4) is 0 Å². The van der Waals surface area contributed by atoms with Crippen LogP contribution in [0.5, 0.6) is 0 Å². The van der Waals surface area contributed by atoms with Gasteiger partial charge in [0.05, 0.1) is 11.6 Å². The van der Waals surface area contributed by atoms with E-state index in [1.54, 1.807) is 12.4 Å². The molecule has 1 unspecified atom stereocenters. The molecular weight excluding hydrogens is 272 g/mol. The summed E-state index contributed by atoms with van der Waals surface area (Å²) in [5.74, 6) is 0. The number of aromatic nitrogens is 3. The van der Waals surface area contributed by atoms with Gasteiger partial charge >= 0.3 is 0 Å². The summed E-state index contributed by atoms with van der Waals surface area (Å²) in [5, 5.41) is 9.43. The van der Waals surface area contributed by atoms with Crippen molar-refractivity contribution < 1.29 is 0 Å². The molecule has 2 aromatic heterocycles. The summed E-state index contributed by atoms with van der Waals surface area (Å²) in [7, 11) is 0. The molecule has 5 nitrogen and oxygen atoms in total.